The molecule has 0 aromatic heterocycles. The molecule has 0 radical (unpaired) electrons. The van der Waals surface area contributed by atoms with Crippen LogP contribution < -0.4 is 0 Å². The predicted octanol–water partition coefficient (Wildman–Crippen LogP) is 3.39. The molecule has 2 atom stereocenters. The first-order valence-corrected chi connectivity index (χ1v) is 9.09. The Morgan fingerprint density at radius 2 is 1.47 bits per heavy atom. The van der Waals surface area contributed by atoms with E-state index in [0.29, 0.717) is 5.92 Å². The summed E-state index contributed by atoms with van der Waals surface area (Å²) in [7, 11) is -3.74. The van der Waals surface area contributed by atoms with Gasteiger partial charge in [0, 0.05) is 0 Å². The second kappa shape index (κ2) is 10.6. The molecule has 2 unspecified atom stereocenters. The molecule has 0 saturated heterocycles. The van der Waals surface area contributed by atoms with E-state index >= 15 is 0 Å². The van der Waals surface area contributed by atoms with Crippen molar-refractivity contribution in [3.63, 3.8) is 0 Å². The van der Waals surface area contributed by atoms with Crippen LogP contribution in [0.25, 0.3) is 0 Å². The molecule has 1 aliphatic carbocycles. The molecular formula is C14H29NaO3S. The molecule has 1 rings (SSSR count). The van der Waals surface area contributed by atoms with Crippen molar-refractivity contribution in [3.8, 4) is 0 Å². The van der Waals surface area contributed by atoms with E-state index in [1.54, 1.807) is 0 Å². The number of hydrogen-bond donors (Lipinski definition) is 1. The third kappa shape index (κ3) is 11.3. The molecule has 5 heteroatoms. The van der Waals surface area contributed by atoms with Gasteiger partial charge >= 0.3 is 29.6 Å². The molecule has 19 heavy (non-hydrogen) atoms. The topological polar surface area (TPSA) is 54.4 Å². The third-order valence-corrected chi connectivity index (χ3v) is 4.77. The van der Waals surface area contributed by atoms with Gasteiger partial charge in [-0.15, -0.1) is 0 Å². The standard InChI is InChI=1S/C14H28O3S.Na.H/c1-2-3-4-5-6-7-8-9-10-13-11-14(13)12-18(15,16)17;;/h13-14H,2-12H2,1H3,(H,15,16,17);;. The molecule has 0 amide bonds. The van der Waals surface area contributed by atoms with Crippen LogP contribution in [0.15, 0.2) is 0 Å². The van der Waals surface area contributed by atoms with E-state index in [9.17, 15) is 8.42 Å². The van der Waals surface area contributed by atoms with Gasteiger partial charge in [0.05, 0.1) is 5.75 Å². The van der Waals surface area contributed by atoms with Gasteiger partial charge < -0.3 is 0 Å². The maximum absolute atomic E-state index is 10.7. The van der Waals surface area contributed by atoms with E-state index in [1.165, 1.54) is 51.4 Å². The van der Waals surface area contributed by atoms with Gasteiger partial charge in [-0.2, -0.15) is 8.42 Å². The number of unbranched alkanes of at least 4 members (excludes halogenated alkanes) is 7. The van der Waals surface area contributed by atoms with Crippen LogP contribution in [0.5, 0.6) is 0 Å². The molecule has 3 nitrogen and oxygen atoms in total. The van der Waals surface area contributed by atoms with Crippen molar-refractivity contribution >= 4 is 39.7 Å². The molecule has 0 spiro atoms. The van der Waals surface area contributed by atoms with Gasteiger partial charge in [-0.1, -0.05) is 64.7 Å². The average molecular weight is 300 g/mol. The third-order valence-electron chi connectivity index (χ3n) is 3.92. The molecule has 1 N–H and O–H groups in total. The van der Waals surface area contributed by atoms with Crippen molar-refractivity contribution in [2.75, 3.05) is 5.75 Å². The Morgan fingerprint density at radius 1 is 0.947 bits per heavy atom. The Morgan fingerprint density at radius 3 is 2.00 bits per heavy atom. The Bertz CT molecular complexity index is 317. The first-order chi connectivity index (χ1) is 8.53. The zero-order valence-corrected chi connectivity index (χ0v) is 12.4. The molecule has 0 heterocycles. The zero-order chi connectivity index (χ0) is 13.4. The average Bonchev–Trinajstić information content (AvgIpc) is 2.98. The Balaban J connectivity index is 0.00000324. The molecule has 1 fully saturated rings. The van der Waals surface area contributed by atoms with Gasteiger partial charge in [0.2, 0.25) is 0 Å². The summed E-state index contributed by atoms with van der Waals surface area (Å²) in [6.45, 7) is 2.23. The second-order valence-electron chi connectivity index (χ2n) is 5.77. The first kappa shape index (κ1) is 19.9. The van der Waals surface area contributed by atoms with E-state index < -0.39 is 10.1 Å². The molecular weight excluding hydrogens is 271 g/mol. The van der Waals surface area contributed by atoms with Crippen LogP contribution in [0, 0.1) is 11.8 Å². The van der Waals surface area contributed by atoms with Gasteiger partial charge in [0.25, 0.3) is 10.1 Å². The summed E-state index contributed by atoms with van der Waals surface area (Å²) in [4.78, 5) is 0. The maximum atomic E-state index is 10.7. The van der Waals surface area contributed by atoms with Gasteiger partial charge in [-0.25, -0.2) is 0 Å². The summed E-state index contributed by atoms with van der Waals surface area (Å²) in [5.41, 5.74) is 0. The minimum atomic E-state index is -3.74. The number of hydrogen-bond acceptors (Lipinski definition) is 2. The predicted molar refractivity (Wildman–Crippen MR) is 82.4 cm³/mol. The van der Waals surface area contributed by atoms with Crippen molar-refractivity contribution < 1.29 is 13.0 Å². The van der Waals surface area contributed by atoms with Crippen molar-refractivity contribution in [1.29, 1.82) is 0 Å². The Kier molecular flexibility index (Phi) is 11.1. The summed E-state index contributed by atoms with van der Waals surface area (Å²) in [5.74, 6) is 0.783. The van der Waals surface area contributed by atoms with Gasteiger partial charge in [0.15, 0.2) is 0 Å². The van der Waals surface area contributed by atoms with Gasteiger partial charge in [-0.3, -0.25) is 4.55 Å². The van der Waals surface area contributed by atoms with E-state index in [4.69, 9.17) is 4.55 Å². The minimum absolute atomic E-state index is 0. The summed E-state index contributed by atoms with van der Waals surface area (Å²) in [5, 5.41) is 0. The van der Waals surface area contributed by atoms with E-state index in [-0.39, 0.29) is 41.2 Å². The van der Waals surface area contributed by atoms with E-state index in [1.807, 2.05) is 0 Å². The molecule has 1 aliphatic rings. The molecule has 0 aliphatic heterocycles. The second-order valence-corrected chi connectivity index (χ2v) is 7.27. The summed E-state index contributed by atoms with van der Waals surface area (Å²) in [6.07, 6.45) is 12.7. The van der Waals surface area contributed by atoms with Crippen LogP contribution in [-0.4, -0.2) is 48.3 Å². The SMILES string of the molecule is CCCCCCCCCCC1CC1CS(=O)(=O)O.[NaH]. The van der Waals surface area contributed by atoms with Crippen LogP contribution >= 0.6 is 0 Å². The van der Waals surface area contributed by atoms with Crippen molar-refractivity contribution in [2.24, 2.45) is 11.8 Å². The molecule has 110 valence electrons. The Hall–Kier alpha value is 0.910. The number of rotatable bonds is 11. The molecule has 0 bridgehead atoms. The molecule has 1 saturated carbocycles. The fourth-order valence-corrected chi connectivity index (χ4v) is 3.63. The van der Waals surface area contributed by atoms with E-state index in [0.717, 1.165) is 12.8 Å². The summed E-state index contributed by atoms with van der Waals surface area (Å²) < 4.78 is 30.1. The van der Waals surface area contributed by atoms with E-state index in [2.05, 4.69) is 6.92 Å². The van der Waals surface area contributed by atoms with Crippen molar-refractivity contribution in [3.05, 3.63) is 0 Å². The van der Waals surface area contributed by atoms with Crippen LogP contribution in [-0.2, 0) is 10.1 Å². The fraction of sp³-hybridized carbons (Fsp3) is 1.00. The summed E-state index contributed by atoms with van der Waals surface area (Å²) >= 11 is 0. The van der Waals surface area contributed by atoms with Crippen LogP contribution in [0.1, 0.15) is 71.1 Å². The molecule has 0 aromatic rings. The van der Waals surface area contributed by atoms with Crippen molar-refractivity contribution in [2.45, 2.75) is 71.1 Å². The fourth-order valence-electron chi connectivity index (χ4n) is 2.68. The van der Waals surface area contributed by atoms with Gasteiger partial charge in [-0.05, 0) is 18.3 Å². The summed E-state index contributed by atoms with van der Waals surface area (Å²) in [6, 6.07) is 0. The van der Waals surface area contributed by atoms with Gasteiger partial charge in [0.1, 0.15) is 0 Å². The first-order valence-electron chi connectivity index (χ1n) is 7.48. The molecule has 0 aromatic carbocycles. The normalized spacial score (nSPS) is 22.0. The Labute approximate surface area is 141 Å². The van der Waals surface area contributed by atoms with Crippen molar-refractivity contribution in [1.82, 2.24) is 0 Å². The van der Waals surface area contributed by atoms with Crippen LogP contribution in [0.3, 0.4) is 0 Å². The quantitative estimate of drug-likeness (QED) is 0.361. The zero-order valence-electron chi connectivity index (χ0n) is 11.6. The van der Waals surface area contributed by atoms with Crippen LogP contribution in [0.4, 0.5) is 0 Å². The van der Waals surface area contributed by atoms with Crippen LogP contribution in [0.2, 0.25) is 0 Å². The monoisotopic (exact) mass is 300 g/mol.